The highest BCUT2D eigenvalue weighted by Crippen LogP contribution is 2.28. The number of nitriles is 1. The fourth-order valence-corrected chi connectivity index (χ4v) is 4.00. The Morgan fingerprint density at radius 2 is 1.98 bits per heavy atom. The molecule has 0 radical (unpaired) electrons. The van der Waals surface area contributed by atoms with Crippen LogP contribution in [0, 0.1) is 18.3 Å². The maximum absolute atomic E-state index is 13.6. The van der Waals surface area contributed by atoms with E-state index in [0.717, 1.165) is 17.5 Å². The predicted molar refractivity (Wildman–Crippen MR) is 133 cm³/mol. The number of hydrogen-bond donors (Lipinski definition) is 2. The van der Waals surface area contributed by atoms with E-state index in [1.807, 2.05) is 6.07 Å². The van der Waals surface area contributed by atoms with Gasteiger partial charge in [-0.2, -0.15) is 28.3 Å². The number of anilines is 1. The van der Waals surface area contributed by atoms with Gasteiger partial charge in [-0.25, -0.2) is 9.67 Å². The third-order valence-corrected chi connectivity index (χ3v) is 6.10. The van der Waals surface area contributed by atoms with E-state index in [-0.39, 0.29) is 51.6 Å². The zero-order valence-electron chi connectivity index (χ0n) is 20.6. The summed E-state index contributed by atoms with van der Waals surface area (Å²) in [5.41, 5.74) is 0.983. The highest BCUT2D eigenvalue weighted by Gasteiger charge is 2.37. The van der Waals surface area contributed by atoms with Gasteiger partial charge in [0, 0.05) is 12.2 Å². The fraction of sp³-hybridized carbons (Fsp3) is 0.250. The van der Waals surface area contributed by atoms with Crippen LogP contribution in [-0.2, 0) is 12.7 Å². The number of aromatic nitrogens is 7. The van der Waals surface area contributed by atoms with Gasteiger partial charge in [-0.15, -0.1) is 10.2 Å². The van der Waals surface area contributed by atoms with E-state index in [4.69, 9.17) is 11.6 Å². The zero-order chi connectivity index (χ0) is 28.6. The van der Waals surface area contributed by atoms with Crippen LogP contribution < -0.4 is 10.6 Å². The second-order valence-electron chi connectivity index (χ2n) is 8.91. The maximum atomic E-state index is 13.6. The summed E-state index contributed by atoms with van der Waals surface area (Å²) in [6, 6.07) is 9.33. The average molecular weight is 571 g/mol. The molecule has 0 bridgehead atoms. The van der Waals surface area contributed by atoms with Crippen molar-refractivity contribution in [2.24, 2.45) is 0 Å². The van der Waals surface area contributed by atoms with Gasteiger partial charge in [0.1, 0.15) is 12.2 Å². The molecule has 1 aliphatic carbocycles. The van der Waals surface area contributed by atoms with Crippen molar-refractivity contribution in [2.75, 3.05) is 5.32 Å². The van der Waals surface area contributed by atoms with Gasteiger partial charge in [-0.1, -0.05) is 11.6 Å². The standard InChI is InChI=1S/C24H18ClF3N10O2/c1-12-7-13(10-29)8-16(21(39)31-14-4-5-14)19(12)32-22(40)18-9-15(11-37-35-23(33-36-37)24(26,27)28)34-38(18)20-17(25)3-2-6-30-20/h2-3,6-9,14H,4-5,11H2,1H3,(H,31,39)(H,32,40). The third-order valence-electron chi connectivity index (χ3n) is 5.80. The van der Waals surface area contributed by atoms with Crippen LogP contribution in [0.1, 0.15) is 56.3 Å². The molecular formula is C24H18ClF3N10O2. The average Bonchev–Trinajstić information content (AvgIpc) is 3.41. The second-order valence-corrected chi connectivity index (χ2v) is 9.32. The number of aryl methyl sites for hydroxylation is 1. The van der Waals surface area contributed by atoms with Crippen molar-refractivity contribution >= 4 is 29.1 Å². The van der Waals surface area contributed by atoms with Gasteiger partial charge in [0.2, 0.25) is 0 Å². The number of rotatable bonds is 7. The summed E-state index contributed by atoms with van der Waals surface area (Å²) in [6.07, 6.45) is -1.69. The van der Waals surface area contributed by atoms with E-state index in [1.165, 1.54) is 30.5 Å². The molecule has 5 rings (SSSR count). The summed E-state index contributed by atoms with van der Waals surface area (Å²) < 4.78 is 39.9. The number of nitrogens with zero attached hydrogens (tertiary/aromatic N) is 8. The van der Waals surface area contributed by atoms with Crippen molar-refractivity contribution in [2.45, 2.75) is 38.5 Å². The molecule has 204 valence electrons. The van der Waals surface area contributed by atoms with Gasteiger partial charge in [0.15, 0.2) is 5.82 Å². The quantitative estimate of drug-likeness (QED) is 0.343. The molecule has 2 N–H and O–H groups in total. The van der Waals surface area contributed by atoms with Gasteiger partial charge in [0.05, 0.1) is 33.6 Å². The van der Waals surface area contributed by atoms with Crippen LogP contribution in [0.25, 0.3) is 5.82 Å². The third kappa shape index (κ3) is 5.61. The summed E-state index contributed by atoms with van der Waals surface area (Å²) in [5, 5.41) is 29.1. The highest BCUT2D eigenvalue weighted by atomic mass is 35.5. The van der Waals surface area contributed by atoms with E-state index >= 15 is 0 Å². The molecule has 0 atom stereocenters. The smallest absolute Gasteiger partial charge is 0.349 e. The first-order valence-electron chi connectivity index (χ1n) is 11.7. The monoisotopic (exact) mass is 570 g/mol. The largest absolute Gasteiger partial charge is 0.455 e. The summed E-state index contributed by atoms with van der Waals surface area (Å²) in [6.45, 7) is 1.28. The number of carbonyl (C=O) groups is 2. The van der Waals surface area contributed by atoms with Crippen LogP contribution in [-0.4, -0.2) is 52.8 Å². The lowest BCUT2D eigenvalue weighted by Crippen LogP contribution is -2.28. The first kappa shape index (κ1) is 26.8. The molecule has 0 unspecified atom stereocenters. The maximum Gasteiger partial charge on any atom is 0.455 e. The van der Waals surface area contributed by atoms with Crippen LogP contribution >= 0.6 is 11.6 Å². The lowest BCUT2D eigenvalue weighted by molar-refractivity contribution is -0.145. The Balaban J connectivity index is 1.52. The number of hydrogen-bond acceptors (Lipinski definition) is 8. The lowest BCUT2D eigenvalue weighted by atomic mass is 10.0. The van der Waals surface area contributed by atoms with Crippen molar-refractivity contribution in [3.63, 3.8) is 0 Å². The Morgan fingerprint density at radius 3 is 2.62 bits per heavy atom. The number of benzene rings is 1. The Labute approximate surface area is 228 Å². The molecule has 1 fully saturated rings. The number of alkyl halides is 3. The molecule has 1 aliphatic rings. The van der Waals surface area contributed by atoms with Crippen LogP contribution in [0.4, 0.5) is 18.9 Å². The minimum absolute atomic E-state index is 0.0284. The van der Waals surface area contributed by atoms with Gasteiger partial charge in [0.25, 0.3) is 17.6 Å². The summed E-state index contributed by atoms with van der Waals surface area (Å²) >= 11 is 6.29. The minimum Gasteiger partial charge on any atom is -0.349 e. The highest BCUT2D eigenvalue weighted by molar-refractivity contribution is 6.32. The molecule has 16 heteroatoms. The van der Waals surface area contributed by atoms with Crippen molar-refractivity contribution < 1.29 is 22.8 Å². The van der Waals surface area contributed by atoms with Gasteiger partial charge < -0.3 is 10.6 Å². The van der Waals surface area contributed by atoms with Crippen molar-refractivity contribution in [3.05, 3.63) is 75.5 Å². The van der Waals surface area contributed by atoms with Crippen LogP contribution in [0.5, 0.6) is 0 Å². The van der Waals surface area contributed by atoms with Crippen molar-refractivity contribution in [1.82, 2.24) is 40.3 Å². The van der Waals surface area contributed by atoms with Crippen LogP contribution in [0.15, 0.2) is 36.5 Å². The van der Waals surface area contributed by atoms with E-state index in [9.17, 15) is 28.0 Å². The van der Waals surface area contributed by atoms with Crippen LogP contribution in [0.3, 0.4) is 0 Å². The minimum atomic E-state index is -4.79. The van der Waals surface area contributed by atoms with E-state index in [0.29, 0.717) is 10.4 Å². The van der Waals surface area contributed by atoms with E-state index < -0.39 is 23.8 Å². The molecule has 0 spiro atoms. The molecule has 4 aromatic rings. The number of carbonyl (C=O) groups excluding carboxylic acids is 2. The molecular weight excluding hydrogens is 553 g/mol. The normalized spacial score (nSPS) is 13.1. The first-order valence-corrected chi connectivity index (χ1v) is 12.1. The lowest BCUT2D eigenvalue weighted by Gasteiger charge is -2.15. The summed E-state index contributed by atoms with van der Waals surface area (Å²) in [5.74, 6) is -2.52. The molecule has 3 heterocycles. The number of halogens is 4. The van der Waals surface area contributed by atoms with Crippen molar-refractivity contribution in [3.8, 4) is 11.9 Å². The molecule has 2 amide bonds. The van der Waals surface area contributed by atoms with Gasteiger partial charge in [-0.3, -0.25) is 9.59 Å². The molecule has 12 nitrogen and oxygen atoms in total. The number of pyridine rings is 1. The number of nitrogens with one attached hydrogen (secondary N) is 2. The second kappa shape index (κ2) is 10.4. The van der Waals surface area contributed by atoms with E-state index in [2.05, 4.69) is 36.1 Å². The van der Waals surface area contributed by atoms with Gasteiger partial charge >= 0.3 is 6.18 Å². The molecule has 1 saturated carbocycles. The SMILES string of the molecule is Cc1cc(C#N)cc(C(=O)NC2CC2)c1NC(=O)c1cc(Cn2nnc(C(F)(F)F)n2)nn1-c1ncccc1Cl. The molecule has 0 saturated heterocycles. The summed E-state index contributed by atoms with van der Waals surface area (Å²) in [4.78, 5) is 31.4. The zero-order valence-corrected chi connectivity index (χ0v) is 21.3. The number of amides is 2. The Hall–Kier alpha value is -4.84. The molecule has 0 aliphatic heterocycles. The summed E-state index contributed by atoms with van der Waals surface area (Å²) in [7, 11) is 0. The number of tetrazole rings is 1. The van der Waals surface area contributed by atoms with E-state index in [1.54, 1.807) is 13.0 Å². The Kier molecular flexibility index (Phi) is 6.94. The molecule has 3 aromatic heterocycles. The Morgan fingerprint density at radius 1 is 1.20 bits per heavy atom. The fourth-order valence-electron chi connectivity index (χ4n) is 3.80. The van der Waals surface area contributed by atoms with Crippen molar-refractivity contribution in [1.29, 1.82) is 5.26 Å². The molecule has 40 heavy (non-hydrogen) atoms. The van der Waals surface area contributed by atoms with Crippen LogP contribution in [0.2, 0.25) is 5.02 Å². The first-order chi connectivity index (χ1) is 19.0. The predicted octanol–water partition coefficient (Wildman–Crippen LogP) is 3.30. The Bertz CT molecular complexity index is 1670. The topological polar surface area (TPSA) is 156 Å². The molecule has 1 aromatic carbocycles. The van der Waals surface area contributed by atoms with Gasteiger partial charge in [-0.05, 0) is 60.9 Å².